The first-order valence-corrected chi connectivity index (χ1v) is 6.85. The molecule has 1 N–H and O–H groups in total. The number of hydrogen-bond acceptors (Lipinski definition) is 6. The monoisotopic (exact) mass is 299 g/mol. The van der Waals surface area contributed by atoms with E-state index in [9.17, 15) is 10.1 Å². The van der Waals surface area contributed by atoms with Crippen LogP contribution in [0.2, 0.25) is 0 Å². The molecule has 114 valence electrons. The Balaban J connectivity index is 2.53. The van der Waals surface area contributed by atoms with E-state index in [1.54, 1.807) is 11.0 Å². The maximum atomic E-state index is 11.5. The van der Waals surface area contributed by atoms with Crippen LogP contribution >= 0.6 is 0 Å². The molecule has 0 aliphatic heterocycles. The molecule has 1 aromatic heterocycles. The van der Waals surface area contributed by atoms with Crippen molar-refractivity contribution in [3.63, 3.8) is 0 Å². The summed E-state index contributed by atoms with van der Waals surface area (Å²) >= 11 is 0. The van der Waals surface area contributed by atoms with Gasteiger partial charge in [0.25, 0.3) is 0 Å². The second-order valence-corrected chi connectivity index (χ2v) is 4.40. The van der Waals surface area contributed by atoms with Crippen molar-refractivity contribution in [1.82, 2.24) is 9.97 Å². The normalized spacial score (nSPS) is 10.0. The Morgan fingerprint density at radius 2 is 2.09 bits per heavy atom. The average Bonchev–Trinajstić information content (AvgIpc) is 2.54. The minimum Gasteiger partial charge on any atom is -0.361 e. The lowest BCUT2D eigenvalue weighted by Gasteiger charge is -2.22. The van der Waals surface area contributed by atoms with Crippen LogP contribution < -0.4 is 10.2 Å². The van der Waals surface area contributed by atoms with Crippen LogP contribution in [0.25, 0.3) is 0 Å². The Morgan fingerprint density at radius 3 is 2.68 bits per heavy atom. The van der Waals surface area contributed by atoms with E-state index >= 15 is 0 Å². The first-order valence-electron chi connectivity index (χ1n) is 6.85. The highest BCUT2D eigenvalue weighted by atomic mass is 16.6. The standard InChI is InChI=1S/C15H17N5O2/c1-3-10-16-14-13(20(21)22)15(18-11-17-14)19(4-2)12-8-6-5-7-9-12/h3,5-9,11H,1,4,10H2,2H3,(H,16,17,18). The van der Waals surface area contributed by atoms with Crippen LogP contribution in [-0.2, 0) is 0 Å². The molecule has 22 heavy (non-hydrogen) atoms. The molecule has 2 rings (SSSR count). The Hall–Kier alpha value is -2.96. The van der Waals surface area contributed by atoms with Crippen molar-refractivity contribution in [2.24, 2.45) is 0 Å². The van der Waals surface area contributed by atoms with Gasteiger partial charge in [-0.05, 0) is 19.1 Å². The van der Waals surface area contributed by atoms with Crippen molar-refractivity contribution in [1.29, 1.82) is 0 Å². The second-order valence-electron chi connectivity index (χ2n) is 4.40. The average molecular weight is 299 g/mol. The summed E-state index contributed by atoms with van der Waals surface area (Å²) in [5.41, 5.74) is 0.691. The zero-order valence-electron chi connectivity index (χ0n) is 12.3. The Kier molecular flexibility index (Phi) is 5.02. The van der Waals surface area contributed by atoms with Crippen LogP contribution in [0.1, 0.15) is 6.92 Å². The maximum Gasteiger partial charge on any atom is 0.353 e. The molecule has 2 aromatic rings. The first kappa shape index (κ1) is 15.4. The maximum absolute atomic E-state index is 11.5. The highest BCUT2D eigenvalue weighted by molar-refractivity contribution is 5.75. The minimum atomic E-state index is -0.466. The highest BCUT2D eigenvalue weighted by Crippen LogP contribution is 2.35. The summed E-state index contributed by atoms with van der Waals surface area (Å²) in [4.78, 5) is 20.9. The number of nitro groups is 1. The molecule has 0 unspecified atom stereocenters. The van der Waals surface area contributed by atoms with E-state index in [1.807, 2.05) is 37.3 Å². The van der Waals surface area contributed by atoms with Gasteiger partial charge in [-0.3, -0.25) is 10.1 Å². The van der Waals surface area contributed by atoms with Gasteiger partial charge in [-0.1, -0.05) is 24.3 Å². The summed E-state index contributed by atoms with van der Waals surface area (Å²) in [7, 11) is 0. The molecule has 1 aromatic carbocycles. The van der Waals surface area contributed by atoms with Crippen molar-refractivity contribution < 1.29 is 4.92 Å². The largest absolute Gasteiger partial charge is 0.361 e. The summed E-state index contributed by atoms with van der Waals surface area (Å²) in [5.74, 6) is 0.449. The van der Waals surface area contributed by atoms with Crippen LogP contribution in [0, 0.1) is 10.1 Å². The van der Waals surface area contributed by atoms with E-state index in [4.69, 9.17) is 0 Å². The van der Waals surface area contributed by atoms with Gasteiger partial charge in [0.15, 0.2) is 0 Å². The van der Waals surface area contributed by atoms with Crippen molar-refractivity contribution in [3.8, 4) is 0 Å². The number of anilines is 3. The number of nitrogens with one attached hydrogen (secondary N) is 1. The third kappa shape index (κ3) is 3.20. The van der Waals surface area contributed by atoms with Crippen molar-refractivity contribution in [3.05, 3.63) is 59.4 Å². The SMILES string of the molecule is C=CCNc1ncnc(N(CC)c2ccccc2)c1[N+](=O)[O-]. The lowest BCUT2D eigenvalue weighted by molar-refractivity contribution is -0.383. The van der Waals surface area contributed by atoms with Crippen molar-refractivity contribution in [2.45, 2.75) is 6.92 Å². The summed E-state index contributed by atoms with van der Waals surface area (Å²) in [5, 5.41) is 14.4. The van der Waals surface area contributed by atoms with E-state index in [0.717, 1.165) is 5.69 Å². The lowest BCUT2D eigenvalue weighted by atomic mass is 10.2. The zero-order valence-corrected chi connectivity index (χ0v) is 12.3. The van der Waals surface area contributed by atoms with Gasteiger partial charge in [0, 0.05) is 18.8 Å². The fourth-order valence-electron chi connectivity index (χ4n) is 2.10. The van der Waals surface area contributed by atoms with E-state index in [-0.39, 0.29) is 17.3 Å². The number of nitrogens with zero attached hydrogens (tertiary/aromatic N) is 4. The molecule has 1 heterocycles. The molecular formula is C15H17N5O2. The number of benzene rings is 1. The van der Waals surface area contributed by atoms with Gasteiger partial charge in [0.2, 0.25) is 11.6 Å². The molecule has 0 saturated carbocycles. The quantitative estimate of drug-likeness (QED) is 0.480. The van der Waals surface area contributed by atoms with Gasteiger partial charge in [-0.15, -0.1) is 6.58 Å². The van der Waals surface area contributed by atoms with E-state index < -0.39 is 4.92 Å². The summed E-state index contributed by atoms with van der Waals surface area (Å²) < 4.78 is 0. The zero-order chi connectivity index (χ0) is 15.9. The van der Waals surface area contributed by atoms with Crippen molar-refractivity contribution in [2.75, 3.05) is 23.3 Å². The van der Waals surface area contributed by atoms with E-state index in [0.29, 0.717) is 13.1 Å². The minimum absolute atomic E-state index is 0.143. The summed E-state index contributed by atoms with van der Waals surface area (Å²) in [6.07, 6.45) is 2.93. The van der Waals surface area contributed by atoms with Gasteiger partial charge in [-0.2, -0.15) is 0 Å². The molecule has 0 spiro atoms. The van der Waals surface area contributed by atoms with Crippen LogP contribution in [0.4, 0.5) is 23.0 Å². The molecule has 0 aliphatic rings. The molecule has 0 atom stereocenters. The smallest absolute Gasteiger partial charge is 0.353 e. The predicted octanol–water partition coefficient (Wildman–Crippen LogP) is 3.14. The van der Waals surface area contributed by atoms with Crippen LogP contribution in [0.5, 0.6) is 0 Å². The Labute approximate surface area is 128 Å². The van der Waals surface area contributed by atoms with Crippen molar-refractivity contribution >= 4 is 23.0 Å². The summed E-state index contributed by atoms with van der Waals surface area (Å²) in [6, 6.07) is 9.41. The molecule has 7 heteroatoms. The van der Waals surface area contributed by atoms with Crippen LogP contribution in [0.15, 0.2) is 49.3 Å². The molecule has 0 radical (unpaired) electrons. The molecule has 0 fully saturated rings. The fourth-order valence-corrected chi connectivity index (χ4v) is 2.10. The molecule has 0 bridgehead atoms. The summed E-state index contributed by atoms with van der Waals surface area (Å²) in [6.45, 7) is 6.43. The van der Waals surface area contributed by atoms with E-state index in [2.05, 4.69) is 21.9 Å². The first-order chi connectivity index (χ1) is 10.7. The second kappa shape index (κ2) is 7.16. The Morgan fingerprint density at radius 1 is 1.36 bits per heavy atom. The number of aromatic nitrogens is 2. The topological polar surface area (TPSA) is 84.2 Å². The van der Waals surface area contributed by atoms with Gasteiger partial charge in [0.05, 0.1) is 4.92 Å². The van der Waals surface area contributed by atoms with Crippen LogP contribution in [0.3, 0.4) is 0 Å². The van der Waals surface area contributed by atoms with Gasteiger partial charge in [0.1, 0.15) is 6.33 Å². The number of rotatable bonds is 7. The van der Waals surface area contributed by atoms with E-state index in [1.165, 1.54) is 6.33 Å². The fraction of sp³-hybridized carbons (Fsp3) is 0.200. The molecule has 0 saturated heterocycles. The van der Waals surface area contributed by atoms with Crippen LogP contribution in [-0.4, -0.2) is 28.0 Å². The molecule has 0 aliphatic carbocycles. The Bertz CT molecular complexity index is 660. The van der Waals surface area contributed by atoms with Gasteiger partial charge >= 0.3 is 5.69 Å². The third-order valence-corrected chi connectivity index (χ3v) is 3.04. The third-order valence-electron chi connectivity index (χ3n) is 3.04. The predicted molar refractivity (Wildman–Crippen MR) is 86.5 cm³/mol. The lowest BCUT2D eigenvalue weighted by Crippen LogP contribution is -2.20. The molecule has 7 nitrogen and oxygen atoms in total. The van der Waals surface area contributed by atoms with Gasteiger partial charge in [-0.25, -0.2) is 9.97 Å². The molecular weight excluding hydrogens is 282 g/mol. The van der Waals surface area contributed by atoms with Gasteiger partial charge < -0.3 is 10.2 Å². The highest BCUT2D eigenvalue weighted by Gasteiger charge is 2.26. The number of hydrogen-bond donors (Lipinski definition) is 1. The molecule has 0 amide bonds. The number of para-hydroxylation sites is 1.